The van der Waals surface area contributed by atoms with Crippen LogP contribution in [0.25, 0.3) is 10.9 Å². The Morgan fingerprint density at radius 3 is 2.75 bits per heavy atom. The van der Waals surface area contributed by atoms with E-state index in [1.165, 1.54) is 34.9 Å². The molecule has 0 unspecified atom stereocenters. The molecule has 0 aliphatic carbocycles. The zero-order valence-electron chi connectivity index (χ0n) is 17.8. The number of nitrogens with zero attached hydrogens (tertiary/aromatic N) is 3. The molecule has 0 aliphatic heterocycles. The van der Waals surface area contributed by atoms with Crippen LogP contribution in [0, 0.1) is 25.2 Å². The predicted octanol–water partition coefficient (Wildman–Crippen LogP) is 4.65. The number of carbonyl (C=O) groups is 1. The van der Waals surface area contributed by atoms with Crippen LogP contribution in [0.4, 0.5) is 0 Å². The molecule has 0 radical (unpaired) electrons. The maximum atomic E-state index is 12.3. The van der Waals surface area contributed by atoms with Crippen LogP contribution in [0.5, 0.6) is 5.75 Å². The fourth-order valence-corrected chi connectivity index (χ4v) is 3.59. The fourth-order valence-electron chi connectivity index (χ4n) is 3.59. The minimum Gasteiger partial charge on any atom is -0.507 e. The number of fused-ring (bicyclic) bond motifs is 1. The van der Waals surface area contributed by atoms with Crippen LogP contribution in [0.2, 0.25) is 0 Å². The number of phenolic OH excluding ortho intramolecular Hbond substituents is 1. The number of carbonyl (C=O) groups excluding carboxylic acids is 1. The van der Waals surface area contributed by atoms with Gasteiger partial charge in [0.1, 0.15) is 11.8 Å². The van der Waals surface area contributed by atoms with Gasteiger partial charge in [0.2, 0.25) is 0 Å². The number of hydrazone groups is 1. The summed E-state index contributed by atoms with van der Waals surface area (Å²) >= 11 is 0. The molecule has 1 aromatic heterocycles. The van der Waals surface area contributed by atoms with Crippen molar-refractivity contribution in [2.45, 2.75) is 20.4 Å². The minimum absolute atomic E-state index is 0.0384. The Kier molecular flexibility index (Phi) is 5.73. The normalized spacial score (nSPS) is 11.0. The summed E-state index contributed by atoms with van der Waals surface area (Å²) in [7, 11) is 0. The second-order valence-corrected chi connectivity index (χ2v) is 7.69. The highest BCUT2D eigenvalue weighted by molar-refractivity contribution is 6.00. The molecular formula is C26H22N4O2. The molecule has 1 heterocycles. The molecule has 4 aromatic rings. The Morgan fingerprint density at radius 1 is 1.12 bits per heavy atom. The zero-order chi connectivity index (χ0) is 22.7. The van der Waals surface area contributed by atoms with E-state index in [0.717, 1.165) is 23.0 Å². The van der Waals surface area contributed by atoms with E-state index in [1.807, 2.05) is 24.3 Å². The number of aryl methyl sites for hydroxylation is 2. The van der Waals surface area contributed by atoms with E-state index >= 15 is 0 Å². The first kappa shape index (κ1) is 20.9. The Bertz CT molecular complexity index is 1390. The first-order valence-electron chi connectivity index (χ1n) is 10.2. The average molecular weight is 422 g/mol. The largest absolute Gasteiger partial charge is 0.507 e. The first-order valence-corrected chi connectivity index (χ1v) is 10.2. The van der Waals surface area contributed by atoms with Crippen molar-refractivity contribution in [3.63, 3.8) is 0 Å². The van der Waals surface area contributed by atoms with Crippen molar-refractivity contribution in [1.29, 1.82) is 5.26 Å². The smallest absolute Gasteiger partial charge is 0.271 e. The second-order valence-electron chi connectivity index (χ2n) is 7.69. The summed E-state index contributed by atoms with van der Waals surface area (Å²) in [5.41, 5.74) is 8.51. The molecule has 2 N–H and O–H groups in total. The van der Waals surface area contributed by atoms with Gasteiger partial charge in [0.05, 0.1) is 11.8 Å². The number of nitrogens with one attached hydrogen (secondary N) is 1. The van der Waals surface area contributed by atoms with E-state index in [2.05, 4.69) is 59.4 Å². The van der Waals surface area contributed by atoms with Crippen LogP contribution >= 0.6 is 0 Å². The van der Waals surface area contributed by atoms with Crippen molar-refractivity contribution in [2.75, 3.05) is 0 Å². The molecule has 1 amide bonds. The summed E-state index contributed by atoms with van der Waals surface area (Å²) in [6.07, 6.45) is 3.65. The van der Waals surface area contributed by atoms with Crippen molar-refractivity contribution >= 4 is 23.0 Å². The predicted molar refractivity (Wildman–Crippen MR) is 125 cm³/mol. The molecule has 0 aliphatic rings. The number of benzene rings is 3. The van der Waals surface area contributed by atoms with Crippen molar-refractivity contribution in [2.24, 2.45) is 5.10 Å². The number of phenols is 1. The maximum Gasteiger partial charge on any atom is 0.271 e. The summed E-state index contributed by atoms with van der Waals surface area (Å²) in [6, 6.07) is 20.4. The van der Waals surface area contributed by atoms with Gasteiger partial charge in [-0.3, -0.25) is 4.79 Å². The van der Waals surface area contributed by atoms with Crippen LogP contribution < -0.4 is 5.43 Å². The SMILES string of the molecule is Cc1ccc(Cn2ccc3c(C=NNC(=O)c4ccc(O)c(C#N)c4)cccc32)cc1C. The van der Waals surface area contributed by atoms with E-state index < -0.39 is 5.91 Å². The molecule has 6 nitrogen and oxygen atoms in total. The number of rotatable bonds is 5. The molecule has 32 heavy (non-hydrogen) atoms. The monoisotopic (exact) mass is 422 g/mol. The lowest BCUT2D eigenvalue weighted by atomic mass is 10.1. The molecule has 3 aromatic carbocycles. The highest BCUT2D eigenvalue weighted by atomic mass is 16.3. The minimum atomic E-state index is -0.461. The van der Waals surface area contributed by atoms with Gasteiger partial charge in [0, 0.05) is 34.8 Å². The molecule has 0 fully saturated rings. The van der Waals surface area contributed by atoms with Crippen LogP contribution in [0.3, 0.4) is 0 Å². The van der Waals surface area contributed by atoms with Crippen LogP contribution in [0.15, 0.2) is 72.0 Å². The summed E-state index contributed by atoms with van der Waals surface area (Å²) in [5, 5.41) is 23.7. The van der Waals surface area contributed by atoms with Crippen molar-refractivity contribution in [3.8, 4) is 11.8 Å². The van der Waals surface area contributed by atoms with Gasteiger partial charge in [-0.25, -0.2) is 5.43 Å². The third-order valence-corrected chi connectivity index (χ3v) is 5.52. The fraction of sp³-hybridized carbons (Fsp3) is 0.115. The Morgan fingerprint density at radius 2 is 1.97 bits per heavy atom. The third kappa shape index (κ3) is 4.23. The number of aromatic nitrogens is 1. The van der Waals surface area contributed by atoms with Gasteiger partial charge in [-0.1, -0.05) is 30.3 Å². The van der Waals surface area contributed by atoms with E-state index in [9.17, 15) is 9.90 Å². The van der Waals surface area contributed by atoms with Gasteiger partial charge in [-0.2, -0.15) is 10.4 Å². The molecule has 158 valence electrons. The van der Waals surface area contributed by atoms with Crippen LogP contribution in [-0.2, 0) is 6.54 Å². The van der Waals surface area contributed by atoms with Crippen molar-refractivity contribution in [1.82, 2.24) is 9.99 Å². The number of hydrogen-bond donors (Lipinski definition) is 2. The average Bonchev–Trinajstić information content (AvgIpc) is 3.20. The maximum absolute atomic E-state index is 12.3. The van der Waals surface area contributed by atoms with Crippen molar-refractivity contribution < 1.29 is 9.90 Å². The highest BCUT2D eigenvalue weighted by Gasteiger charge is 2.09. The third-order valence-electron chi connectivity index (χ3n) is 5.52. The van der Waals surface area contributed by atoms with Crippen LogP contribution in [0.1, 0.15) is 38.2 Å². The molecule has 6 heteroatoms. The van der Waals surface area contributed by atoms with Gasteiger partial charge in [0.15, 0.2) is 0 Å². The zero-order valence-corrected chi connectivity index (χ0v) is 17.8. The van der Waals surface area contributed by atoms with Gasteiger partial charge >= 0.3 is 0 Å². The van der Waals surface area contributed by atoms with E-state index in [-0.39, 0.29) is 16.9 Å². The van der Waals surface area contributed by atoms with E-state index in [0.29, 0.717) is 0 Å². The Balaban J connectivity index is 1.52. The second kappa shape index (κ2) is 8.78. The van der Waals surface area contributed by atoms with Gasteiger partial charge in [-0.05, 0) is 60.9 Å². The lowest BCUT2D eigenvalue weighted by Crippen LogP contribution is -2.17. The highest BCUT2D eigenvalue weighted by Crippen LogP contribution is 2.21. The summed E-state index contributed by atoms with van der Waals surface area (Å²) in [6.45, 7) is 5.00. The van der Waals surface area contributed by atoms with Gasteiger partial charge < -0.3 is 9.67 Å². The number of hydrogen-bond acceptors (Lipinski definition) is 4. The topological polar surface area (TPSA) is 90.4 Å². The molecule has 0 bridgehead atoms. The molecule has 0 saturated heterocycles. The molecular weight excluding hydrogens is 400 g/mol. The number of amides is 1. The van der Waals surface area contributed by atoms with E-state index in [4.69, 9.17) is 5.26 Å². The number of aromatic hydroxyl groups is 1. The lowest BCUT2D eigenvalue weighted by Gasteiger charge is -2.08. The molecule has 0 atom stereocenters. The lowest BCUT2D eigenvalue weighted by molar-refractivity contribution is 0.0955. The first-order chi connectivity index (χ1) is 15.5. The summed E-state index contributed by atoms with van der Waals surface area (Å²) < 4.78 is 2.19. The van der Waals surface area contributed by atoms with Gasteiger partial charge in [-0.15, -0.1) is 0 Å². The van der Waals surface area contributed by atoms with Crippen LogP contribution in [-0.4, -0.2) is 21.8 Å². The molecule has 0 saturated carbocycles. The van der Waals surface area contributed by atoms with E-state index in [1.54, 1.807) is 6.21 Å². The van der Waals surface area contributed by atoms with Crippen molar-refractivity contribution in [3.05, 3.63) is 100 Å². The quantitative estimate of drug-likeness (QED) is 0.362. The standard InChI is InChI=1S/C26H22N4O2/c1-17-6-7-19(12-18(17)2)16-30-11-10-23-21(4-3-5-24(23)30)15-28-29-26(32)20-8-9-25(31)22(13-20)14-27/h3-13,15,31H,16H2,1-2H3,(H,29,32). The molecule has 4 rings (SSSR count). The Hall–Kier alpha value is -4.37. The Labute approximate surface area is 186 Å². The van der Waals surface area contributed by atoms with Gasteiger partial charge in [0.25, 0.3) is 5.91 Å². The molecule has 0 spiro atoms. The summed E-state index contributed by atoms with van der Waals surface area (Å²) in [5.74, 6) is -0.623. The summed E-state index contributed by atoms with van der Waals surface area (Å²) in [4.78, 5) is 12.3. The number of nitriles is 1.